The Labute approximate surface area is 140 Å². The highest BCUT2D eigenvalue weighted by molar-refractivity contribution is 7.09. The van der Waals surface area contributed by atoms with Crippen LogP contribution in [-0.2, 0) is 19.7 Å². The highest BCUT2D eigenvalue weighted by Gasteiger charge is 2.03. The second kappa shape index (κ2) is 7.89. The van der Waals surface area contributed by atoms with Gasteiger partial charge in [-0.3, -0.25) is 0 Å². The van der Waals surface area contributed by atoms with E-state index in [-0.39, 0.29) is 0 Å². The quantitative estimate of drug-likeness (QED) is 0.646. The van der Waals surface area contributed by atoms with Crippen LogP contribution in [0.4, 0.5) is 0 Å². The van der Waals surface area contributed by atoms with E-state index in [1.165, 1.54) is 5.56 Å². The molecule has 0 amide bonds. The largest absolute Gasteiger partial charge is 0.486 e. The van der Waals surface area contributed by atoms with Gasteiger partial charge >= 0.3 is 0 Å². The summed E-state index contributed by atoms with van der Waals surface area (Å²) in [7, 11) is 0. The Balaban J connectivity index is 1.40. The van der Waals surface area contributed by atoms with E-state index in [0.717, 1.165) is 36.1 Å². The van der Waals surface area contributed by atoms with Gasteiger partial charge in [0.2, 0.25) is 0 Å². The van der Waals surface area contributed by atoms with E-state index in [4.69, 9.17) is 4.74 Å². The van der Waals surface area contributed by atoms with Gasteiger partial charge in [-0.1, -0.05) is 17.7 Å². The van der Waals surface area contributed by atoms with Gasteiger partial charge in [-0.2, -0.15) is 0 Å². The summed E-state index contributed by atoms with van der Waals surface area (Å²) in [4.78, 5) is 8.61. The van der Waals surface area contributed by atoms with Gasteiger partial charge in [0, 0.05) is 37.4 Å². The van der Waals surface area contributed by atoms with Crippen molar-refractivity contribution in [3.8, 4) is 5.75 Å². The van der Waals surface area contributed by atoms with Crippen LogP contribution >= 0.6 is 11.3 Å². The third kappa shape index (κ3) is 4.91. The number of benzene rings is 1. The van der Waals surface area contributed by atoms with Crippen molar-refractivity contribution in [1.29, 1.82) is 0 Å². The third-order valence-electron chi connectivity index (χ3n) is 3.39. The zero-order chi connectivity index (χ0) is 15.9. The third-order valence-corrected chi connectivity index (χ3v) is 4.27. The van der Waals surface area contributed by atoms with Crippen molar-refractivity contribution in [2.45, 2.75) is 26.6 Å². The first-order chi connectivity index (χ1) is 11.3. The van der Waals surface area contributed by atoms with Crippen LogP contribution in [-0.4, -0.2) is 21.1 Å². The van der Waals surface area contributed by atoms with Gasteiger partial charge in [0.05, 0.1) is 12.0 Å². The molecule has 0 aliphatic heterocycles. The van der Waals surface area contributed by atoms with Crippen LogP contribution in [0.2, 0.25) is 0 Å². The molecule has 0 aliphatic rings. The van der Waals surface area contributed by atoms with E-state index in [1.807, 2.05) is 36.8 Å². The number of hydrogen-bond acceptors (Lipinski definition) is 5. The minimum atomic E-state index is 0.517. The lowest BCUT2D eigenvalue weighted by Crippen LogP contribution is -2.19. The summed E-state index contributed by atoms with van der Waals surface area (Å²) in [6, 6.07) is 8.07. The normalized spacial score (nSPS) is 10.8. The fourth-order valence-corrected chi connectivity index (χ4v) is 2.82. The Hall–Kier alpha value is -2.18. The predicted octanol–water partition coefficient (Wildman–Crippen LogP) is 3.02. The Morgan fingerprint density at radius 1 is 1.26 bits per heavy atom. The molecule has 5 nitrogen and oxygen atoms in total. The summed E-state index contributed by atoms with van der Waals surface area (Å²) in [5, 5.41) is 6.47. The summed E-state index contributed by atoms with van der Waals surface area (Å²) in [6.45, 7) is 5.16. The molecule has 0 unspecified atom stereocenters. The number of rotatable bonds is 8. The van der Waals surface area contributed by atoms with Crippen molar-refractivity contribution in [1.82, 2.24) is 19.9 Å². The zero-order valence-electron chi connectivity index (χ0n) is 13.1. The zero-order valence-corrected chi connectivity index (χ0v) is 13.9. The smallest absolute Gasteiger partial charge is 0.140 e. The molecule has 0 radical (unpaired) electrons. The SMILES string of the molecule is Cc1ccc(OCc2nc(CNCCn3ccnc3)cs2)cc1. The van der Waals surface area contributed by atoms with Crippen molar-refractivity contribution in [3.05, 3.63) is 64.6 Å². The molecule has 0 fully saturated rings. The van der Waals surface area contributed by atoms with Gasteiger partial charge in [-0.05, 0) is 19.1 Å². The average molecular weight is 328 g/mol. The van der Waals surface area contributed by atoms with E-state index in [2.05, 4.69) is 32.2 Å². The minimum absolute atomic E-state index is 0.517. The fraction of sp³-hybridized carbons (Fsp3) is 0.294. The summed E-state index contributed by atoms with van der Waals surface area (Å²) in [5.41, 5.74) is 2.29. The van der Waals surface area contributed by atoms with Gasteiger partial charge in [-0.15, -0.1) is 11.3 Å². The maximum absolute atomic E-state index is 5.75. The van der Waals surface area contributed by atoms with Crippen molar-refractivity contribution >= 4 is 11.3 Å². The second-order valence-electron chi connectivity index (χ2n) is 5.31. The molecule has 2 heterocycles. The van der Waals surface area contributed by atoms with Crippen LogP contribution in [0.25, 0.3) is 0 Å². The highest BCUT2D eigenvalue weighted by atomic mass is 32.1. The number of nitrogens with one attached hydrogen (secondary N) is 1. The van der Waals surface area contributed by atoms with Crippen LogP contribution < -0.4 is 10.1 Å². The molecule has 1 N–H and O–H groups in total. The number of aryl methyl sites for hydroxylation is 1. The van der Waals surface area contributed by atoms with Crippen LogP contribution in [0.3, 0.4) is 0 Å². The molecule has 3 aromatic rings. The molecule has 2 aromatic heterocycles. The van der Waals surface area contributed by atoms with Crippen molar-refractivity contribution in [2.24, 2.45) is 0 Å². The Morgan fingerprint density at radius 2 is 2.13 bits per heavy atom. The standard InChI is InChI=1S/C17H20N4OS/c1-14-2-4-16(5-3-14)22-11-17-20-15(12-23-17)10-18-6-8-21-9-7-19-13-21/h2-5,7,9,12-13,18H,6,8,10-11H2,1H3. The first-order valence-electron chi connectivity index (χ1n) is 7.59. The number of hydrogen-bond donors (Lipinski definition) is 1. The molecule has 1 aromatic carbocycles. The Kier molecular flexibility index (Phi) is 5.39. The first kappa shape index (κ1) is 15.7. The average Bonchev–Trinajstić information content (AvgIpc) is 3.23. The van der Waals surface area contributed by atoms with Crippen LogP contribution in [0.15, 0.2) is 48.4 Å². The molecule has 3 rings (SSSR count). The van der Waals surface area contributed by atoms with E-state index >= 15 is 0 Å². The Morgan fingerprint density at radius 3 is 2.91 bits per heavy atom. The maximum atomic E-state index is 5.75. The lowest BCUT2D eigenvalue weighted by atomic mass is 10.2. The van der Waals surface area contributed by atoms with E-state index in [9.17, 15) is 0 Å². The summed E-state index contributed by atoms with van der Waals surface area (Å²) in [6.07, 6.45) is 5.58. The van der Waals surface area contributed by atoms with Gasteiger partial charge in [0.1, 0.15) is 17.4 Å². The summed E-state index contributed by atoms with van der Waals surface area (Å²) >= 11 is 1.64. The van der Waals surface area contributed by atoms with Gasteiger partial charge < -0.3 is 14.6 Å². The van der Waals surface area contributed by atoms with Crippen molar-refractivity contribution in [3.63, 3.8) is 0 Å². The highest BCUT2D eigenvalue weighted by Crippen LogP contribution is 2.16. The predicted molar refractivity (Wildman–Crippen MR) is 91.6 cm³/mol. The number of nitrogens with zero attached hydrogens (tertiary/aromatic N) is 3. The molecule has 120 valence electrons. The van der Waals surface area contributed by atoms with E-state index in [1.54, 1.807) is 17.5 Å². The van der Waals surface area contributed by atoms with Crippen molar-refractivity contribution < 1.29 is 4.74 Å². The van der Waals surface area contributed by atoms with Gasteiger partial charge in [-0.25, -0.2) is 9.97 Å². The van der Waals surface area contributed by atoms with E-state index < -0.39 is 0 Å². The van der Waals surface area contributed by atoms with Gasteiger partial charge in [0.15, 0.2) is 0 Å². The molecule has 0 atom stereocenters. The molecular formula is C17H20N4OS. The van der Waals surface area contributed by atoms with Crippen LogP contribution in [0, 0.1) is 6.92 Å². The number of thiazole rings is 1. The molecule has 0 aliphatic carbocycles. The minimum Gasteiger partial charge on any atom is -0.486 e. The second-order valence-corrected chi connectivity index (χ2v) is 6.25. The monoisotopic (exact) mass is 328 g/mol. The molecule has 0 saturated heterocycles. The number of ether oxygens (including phenoxy) is 1. The molecule has 0 spiro atoms. The maximum Gasteiger partial charge on any atom is 0.140 e. The van der Waals surface area contributed by atoms with E-state index in [0.29, 0.717) is 6.61 Å². The fourth-order valence-electron chi connectivity index (χ4n) is 2.12. The van der Waals surface area contributed by atoms with Crippen LogP contribution in [0.5, 0.6) is 5.75 Å². The lowest BCUT2D eigenvalue weighted by molar-refractivity contribution is 0.305. The lowest BCUT2D eigenvalue weighted by Gasteiger charge is -2.04. The number of aromatic nitrogens is 3. The molecule has 23 heavy (non-hydrogen) atoms. The van der Waals surface area contributed by atoms with Crippen LogP contribution in [0.1, 0.15) is 16.3 Å². The van der Waals surface area contributed by atoms with Crippen molar-refractivity contribution in [2.75, 3.05) is 6.54 Å². The molecular weight excluding hydrogens is 308 g/mol. The Bertz CT molecular complexity index is 707. The molecule has 0 bridgehead atoms. The first-order valence-corrected chi connectivity index (χ1v) is 8.47. The topological polar surface area (TPSA) is 52.0 Å². The summed E-state index contributed by atoms with van der Waals surface area (Å²) in [5.74, 6) is 0.880. The van der Waals surface area contributed by atoms with Gasteiger partial charge in [0.25, 0.3) is 0 Å². The number of imidazole rings is 1. The summed E-state index contributed by atoms with van der Waals surface area (Å²) < 4.78 is 7.80. The molecule has 0 saturated carbocycles. The molecule has 6 heteroatoms.